The topological polar surface area (TPSA) is 92.6 Å². The van der Waals surface area contributed by atoms with Crippen molar-refractivity contribution in [1.29, 1.82) is 0 Å². The zero-order valence-corrected chi connectivity index (χ0v) is 18.3. The summed E-state index contributed by atoms with van der Waals surface area (Å²) in [4.78, 5) is 35.6. The number of pyridine rings is 2. The number of halogens is 2. The lowest BCUT2D eigenvalue weighted by atomic mass is 9.96. The Hall–Kier alpha value is -3.42. The molecular weight excluding hydrogens is 453 g/mol. The van der Waals surface area contributed by atoms with Crippen molar-refractivity contribution in [2.75, 3.05) is 7.11 Å². The molecule has 1 aliphatic heterocycles. The van der Waals surface area contributed by atoms with Crippen LogP contribution in [0.5, 0.6) is 5.75 Å². The minimum absolute atomic E-state index is 0.0795. The lowest BCUT2D eigenvalue weighted by Crippen LogP contribution is -2.29. The number of ether oxygens (including phenoxy) is 1. The number of carbonyl (C=O) groups excluding carboxylic acids is 2. The number of hydrogen-bond donors (Lipinski definition) is 1. The van der Waals surface area contributed by atoms with Gasteiger partial charge >= 0.3 is 0 Å². The highest BCUT2D eigenvalue weighted by molar-refractivity contribution is 6.46. The number of amides is 1. The van der Waals surface area contributed by atoms with E-state index in [9.17, 15) is 14.7 Å². The summed E-state index contributed by atoms with van der Waals surface area (Å²) in [5, 5.41) is 11.4. The van der Waals surface area contributed by atoms with E-state index < -0.39 is 23.5 Å². The predicted molar refractivity (Wildman–Crippen MR) is 119 cm³/mol. The lowest BCUT2D eigenvalue weighted by molar-refractivity contribution is -0.140. The maximum absolute atomic E-state index is 13.1. The van der Waals surface area contributed by atoms with Crippen LogP contribution in [0.25, 0.3) is 5.76 Å². The molecule has 1 saturated heterocycles. The number of aliphatic hydroxyl groups is 1. The van der Waals surface area contributed by atoms with Gasteiger partial charge in [0.25, 0.3) is 11.7 Å². The summed E-state index contributed by atoms with van der Waals surface area (Å²) in [6.45, 7) is 0.124. The van der Waals surface area contributed by atoms with Crippen LogP contribution in [0.15, 0.2) is 66.8 Å². The third-order valence-corrected chi connectivity index (χ3v) is 5.65. The van der Waals surface area contributed by atoms with E-state index in [2.05, 4.69) is 9.97 Å². The molecule has 4 rings (SSSR count). The summed E-state index contributed by atoms with van der Waals surface area (Å²) in [7, 11) is 1.42. The van der Waals surface area contributed by atoms with Gasteiger partial charge in [0.1, 0.15) is 5.76 Å². The Bertz CT molecular complexity index is 1190. The number of methoxy groups -OCH3 is 1. The van der Waals surface area contributed by atoms with Crippen molar-refractivity contribution in [2.24, 2.45) is 0 Å². The molecule has 1 unspecified atom stereocenters. The summed E-state index contributed by atoms with van der Waals surface area (Å²) in [6, 6.07) is 8.97. The van der Waals surface area contributed by atoms with Gasteiger partial charge in [-0.2, -0.15) is 0 Å². The maximum atomic E-state index is 13.1. The van der Waals surface area contributed by atoms with Gasteiger partial charge in [0.2, 0.25) is 0 Å². The van der Waals surface area contributed by atoms with Gasteiger partial charge in [-0.15, -0.1) is 0 Å². The van der Waals surface area contributed by atoms with Crippen LogP contribution in [-0.2, 0) is 16.1 Å². The Kier molecular flexibility index (Phi) is 6.12. The number of benzene rings is 1. The number of ketones is 1. The van der Waals surface area contributed by atoms with E-state index in [-0.39, 0.29) is 33.5 Å². The van der Waals surface area contributed by atoms with Crippen LogP contribution in [-0.4, -0.2) is 38.8 Å². The fourth-order valence-electron chi connectivity index (χ4n) is 3.66. The molecule has 1 fully saturated rings. The van der Waals surface area contributed by atoms with Gasteiger partial charge in [0, 0.05) is 36.9 Å². The molecule has 2 aromatic heterocycles. The highest BCUT2D eigenvalue weighted by atomic mass is 35.5. The van der Waals surface area contributed by atoms with Gasteiger partial charge < -0.3 is 14.7 Å². The van der Waals surface area contributed by atoms with Crippen molar-refractivity contribution in [3.05, 3.63) is 93.5 Å². The number of rotatable bonds is 5. The fraction of sp³-hybridized carbons (Fsp3) is 0.130. The third kappa shape index (κ3) is 3.92. The van der Waals surface area contributed by atoms with Crippen LogP contribution in [0.3, 0.4) is 0 Å². The average Bonchev–Trinajstić information content (AvgIpc) is 3.04. The summed E-state index contributed by atoms with van der Waals surface area (Å²) in [6.07, 6.45) is 6.36. The average molecular weight is 470 g/mol. The normalized spacial score (nSPS) is 17.6. The molecule has 0 spiro atoms. The molecule has 32 heavy (non-hydrogen) atoms. The quantitative estimate of drug-likeness (QED) is 0.337. The Balaban J connectivity index is 1.87. The molecule has 1 atom stereocenters. The lowest BCUT2D eigenvalue weighted by Gasteiger charge is -2.25. The third-order valence-electron chi connectivity index (χ3n) is 5.09. The smallest absolute Gasteiger partial charge is 0.295 e. The van der Waals surface area contributed by atoms with Crippen molar-refractivity contribution in [3.8, 4) is 5.75 Å². The number of nitrogens with zero attached hydrogens (tertiary/aromatic N) is 3. The summed E-state index contributed by atoms with van der Waals surface area (Å²) >= 11 is 12.4. The number of carbonyl (C=O) groups is 2. The van der Waals surface area contributed by atoms with Crippen molar-refractivity contribution in [2.45, 2.75) is 12.6 Å². The SMILES string of the molecule is COc1c(Cl)cc(/C(O)=C2\C(=O)C(=O)N(Cc3cccnc3)C2c2cccnc2)cc1Cl. The zero-order chi connectivity index (χ0) is 22.8. The Labute approximate surface area is 193 Å². The molecule has 1 N–H and O–H groups in total. The summed E-state index contributed by atoms with van der Waals surface area (Å²) < 4.78 is 5.14. The van der Waals surface area contributed by atoms with E-state index >= 15 is 0 Å². The van der Waals surface area contributed by atoms with Crippen LogP contribution < -0.4 is 4.74 Å². The van der Waals surface area contributed by atoms with Crippen molar-refractivity contribution >= 4 is 40.7 Å². The largest absolute Gasteiger partial charge is 0.507 e. The standard InChI is InChI=1S/C23H17Cl2N3O4/c1-32-22-16(24)8-15(9-17(22)25)20(29)18-19(14-5-3-7-27-11-14)28(23(31)21(18)30)12-13-4-2-6-26-10-13/h2-11,19,29H,12H2,1H3/b20-18+. The van der Waals surface area contributed by atoms with Gasteiger partial charge in [0.05, 0.1) is 28.8 Å². The predicted octanol–water partition coefficient (Wildman–Crippen LogP) is 4.41. The second kappa shape index (κ2) is 8.98. The molecule has 1 aromatic carbocycles. The van der Waals surface area contributed by atoms with Crippen molar-refractivity contribution < 1.29 is 19.4 Å². The minimum atomic E-state index is -0.858. The first-order valence-corrected chi connectivity index (χ1v) is 10.3. The highest BCUT2D eigenvalue weighted by Crippen LogP contribution is 2.42. The molecule has 1 aliphatic rings. The van der Waals surface area contributed by atoms with Crippen molar-refractivity contribution in [3.63, 3.8) is 0 Å². The van der Waals surface area contributed by atoms with E-state index in [4.69, 9.17) is 27.9 Å². The second-order valence-corrected chi connectivity index (χ2v) is 7.86. The molecule has 0 aliphatic carbocycles. The van der Waals surface area contributed by atoms with Crippen LogP contribution in [0.2, 0.25) is 10.0 Å². The van der Waals surface area contributed by atoms with Gasteiger partial charge in [-0.25, -0.2) is 0 Å². The molecule has 9 heteroatoms. The molecule has 1 amide bonds. The van der Waals surface area contributed by atoms with E-state index in [1.54, 1.807) is 49.1 Å². The molecular formula is C23H17Cl2N3O4. The molecule has 3 aromatic rings. The first kappa shape index (κ1) is 21.8. The zero-order valence-electron chi connectivity index (χ0n) is 16.8. The first-order chi connectivity index (χ1) is 15.4. The van der Waals surface area contributed by atoms with Gasteiger partial charge in [-0.1, -0.05) is 35.3 Å². The number of hydrogen-bond acceptors (Lipinski definition) is 6. The van der Waals surface area contributed by atoms with Gasteiger partial charge in [-0.05, 0) is 35.4 Å². The monoisotopic (exact) mass is 469 g/mol. The number of aromatic nitrogens is 2. The van der Waals surface area contributed by atoms with E-state index in [1.807, 2.05) is 0 Å². The maximum Gasteiger partial charge on any atom is 0.295 e. The van der Waals surface area contributed by atoms with E-state index in [0.29, 0.717) is 5.56 Å². The van der Waals surface area contributed by atoms with E-state index in [0.717, 1.165) is 5.56 Å². The highest BCUT2D eigenvalue weighted by Gasteiger charge is 2.46. The summed E-state index contributed by atoms with van der Waals surface area (Å²) in [5.41, 5.74) is 1.42. The van der Waals surface area contributed by atoms with Gasteiger partial charge in [-0.3, -0.25) is 19.6 Å². The molecule has 3 heterocycles. The Morgan fingerprint density at radius 2 is 1.75 bits per heavy atom. The second-order valence-electron chi connectivity index (χ2n) is 7.05. The van der Waals surface area contributed by atoms with Crippen molar-refractivity contribution in [1.82, 2.24) is 14.9 Å². The first-order valence-electron chi connectivity index (χ1n) is 9.53. The fourth-order valence-corrected chi connectivity index (χ4v) is 4.30. The summed E-state index contributed by atoms with van der Waals surface area (Å²) in [5.74, 6) is -1.71. The molecule has 0 bridgehead atoms. The Morgan fingerprint density at radius 1 is 1.09 bits per heavy atom. The van der Waals surface area contributed by atoms with Crippen LogP contribution in [0.1, 0.15) is 22.7 Å². The van der Waals surface area contributed by atoms with Crippen LogP contribution in [0.4, 0.5) is 0 Å². The molecule has 0 saturated carbocycles. The molecule has 162 valence electrons. The van der Waals surface area contributed by atoms with Gasteiger partial charge in [0.15, 0.2) is 5.75 Å². The number of Topliss-reactive ketones (excluding diaryl/α,β-unsaturated/α-hetero) is 1. The Morgan fingerprint density at radius 3 is 2.31 bits per heavy atom. The molecule has 0 radical (unpaired) electrons. The molecule has 7 nitrogen and oxygen atoms in total. The number of likely N-dealkylation sites (tertiary alicyclic amines) is 1. The minimum Gasteiger partial charge on any atom is -0.507 e. The van der Waals surface area contributed by atoms with E-state index in [1.165, 1.54) is 24.1 Å². The van der Waals surface area contributed by atoms with Crippen LogP contribution in [0, 0.1) is 0 Å². The van der Waals surface area contributed by atoms with Crippen LogP contribution >= 0.6 is 23.2 Å². The number of aliphatic hydroxyl groups excluding tert-OH is 1.